The molecule has 0 radical (unpaired) electrons. The van der Waals surface area contributed by atoms with Gasteiger partial charge in [-0.05, 0) is 37.1 Å². The van der Waals surface area contributed by atoms with Crippen molar-refractivity contribution in [1.82, 2.24) is 24.5 Å². The summed E-state index contributed by atoms with van der Waals surface area (Å²) in [6.45, 7) is 4.09. The number of carbonyl (C=O) groups excluding carboxylic acids is 1. The van der Waals surface area contributed by atoms with E-state index in [2.05, 4.69) is 15.6 Å². The van der Waals surface area contributed by atoms with Gasteiger partial charge in [0.2, 0.25) is 5.91 Å². The molecule has 1 aliphatic heterocycles. The summed E-state index contributed by atoms with van der Waals surface area (Å²) in [4.78, 5) is 30.2. The van der Waals surface area contributed by atoms with Crippen LogP contribution in [0.3, 0.4) is 0 Å². The van der Waals surface area contributed by atoms with E-state index in [1.807, 2.05) is 32.0 Å². The van der Waals surface area contributed by atoms with Gasteiger partial charge in [0.1, 0.15) is 11.6 Å². The number of aromatic nitrogens is 5. The fraction of sp³-hybridized carbons (Fsp3) is 0.250. The summed E-state index contributed by atoms with van der Waals surface area (Å²) in [5.41, 5.74) is 3.52. The Morgan fingerprint density at radius 1 is 1.30 bits per heavy atom. The number of anilines is 1. The number of nitrogens with zero attached hydrogens (tertiary/aromatic N) is 5. The largest absolute Gasteiger partial charge is 0.363 e. The highest BCUT2D eigenvalue weighted by Crippen LogP contribution is 2.33. The number of thioether (sulfide) groups is 1. The summed E-state index contributed by atoms with van der Waals surface area (Å²) in [5, 5.41) is 11.8. The average Bonchev–Trinajstić information content (AvgIpc) is 3.45. The van der Waals surface area contributed by atoms with E-state index >= 15 is 0 Å². The maximum atomic E-state index is 13.2. The molecule has 4 heterocycles. The molecule has 4 aromatic rings. The summed E-state index contributed by atoms with van der Waals surface area (Å²) < 4.78 is 8.01. The van der Waals surface area contributed by atoms with Crippen molar-refractivity contribution >= 4 is 34.5 Å². The lowest BCUT2D eigenvalue weighted by molar-refractivity contribution is -0.116. The Bertz CT molecular complexity index is 1320. The van der Waals surface area contributed by atoms with Gasteiger partial charge >= 0.3 is 0 Å². The third-order valence-electron chi connectivity index (χ3n) is 5.23. The Hall–Kier alpha value is -3.40. The summed E-state index contributed by atoms with van der Waals surface area (Å²) in [6, 6.07) is 7.29. The van der Waals surface area contributed by atoms with E-state index in [-0.39, 0.29) is 23.9 Å². The molecule has 0 spiro atoms. The first-order chi connectivity index (χ1) is 14.5. The van der Waals surface area contributed by atoms with Crippen molar-refractivity contribution in [3.05, 3.63) is 58.2 Å². The molecule has 152 valence electrons. The van der Waals surface area contributed by atoms with Crippen LogP contribution in [0.1, 0.15) is 23.6 Å². The Balaban J connectivity index is 1.49. The van der Waals surface area contributed by atoms with Gasteiger partial charge < -0.3 is 9.84 Å². The van der Waals surface area contributed by atoms with E-state index in [1.54, 1.807) is 21.5 Å². The Kier molecular flexibility index (Phi) is 4.43. The van der Waals surface area contributed by atoms with Crippen LogP contribution < -0.4 is 10.9 Å². The third-order valence-corrected chi connectivity index (χ3v) is 6.33. The molecule has 1 amide bonds. The molecule has 5 rings (SSSR count). The highest BCUT2D eigenvalue weighted by atomic mass is 32.2. The fourth-order valence-electron chi connectivity index (χ4n) is 3.51. The van der Waals surface area contributed by atoms with Crippen LogP contribution in [0.2, 0.25) is 0 Å². The van der Waals surface area contributed by atoms with Gasteiger partial charge in [0.15, 0.2) is 16.6 Å². The van der Waals surface area contributed by atoms with Gasteiger partial charge in [-0.3, -0.25) is 14.2 Å². The molecule has 0 saturated carbocycles. The molecular weight excluding hydrogens is 404 g/mol. The molecule has 1 aromatic carbocycles. The van der Waals surface area contributed by atoms with Gasteiger partial charge in [-0.1, -0.05) is 23.0 Å². The van der Waals surface area contributed by atoms with E-state index in [1.165, 1.54) is 23.6 Å². The van der Waals surface area contributed by atoms with Crippen LogP contribution >= 0.6 is 11.8 Å². The zero-order chi connectivity index (χ0) is 20.8. The Morgan fingerprint density at radius 2 is 2.17 bits per heavy atom. The van der Waals surface area contributed by atoms with E-state index in [0.717, 1.165) is 11.3 Å². The van der Waals surface area contributed by atoms with Gasteiger partial charge in [0, 0.05) is 18.2 Å². The highest BCUT2D eigenvalue weighted by Gasteiger charge is 2.29. The normalized spacial score (nSPS) is 15.5. The number of rotatable bonds is 4. The van der Waals surface area contributed by atoms with Gasteiger partial charge in [0.25, 0.3) is 5.56 Å². The quantitative estimate of drug-likeness (QED) is 0.504. The second-order valence-electron chi connectivity index (χ2n) is 7.23. The number of benzene rings is 1. The second-order valence-corrected chi connectivity index (χ2v) is 8.22. The number of nitrogens with one attached hydrogen (secondary N) is 1. The number of hydrogen-bond donors (Lipinski definition) is 1. The molecule has 9 nitrogen and oxygen atoms in total. The second kappa shape index (κ2) is 7.13. The zero-order valence-electron chi connectivity index (χ0n) is 16.3. The Labute approximate surface area is 175 Å². The van der Waals surface area contributed by atoms with Gasteiger partial charge in [-0.2, -0.15) is 5.10 Å². The molecule has 1 N–H and O–H groups in total. The van der Waals surface area contributed by atoms with Crippen LogP contribution in [0.5, 0.6) is 0 Å². The first-order valence-electron chi connectivity index (χ1n) is 9.42. The maximum Gasteiger partial charge on any atom is 0.265 e. The van der Waals surface area contributed by atoms with Crippen molar-refractivity contribution in [1.29, 1.82) is 0 Å². The lowest BCUT2D eigenvalue weighted by Gasteiger charge is -2.13. The standard InChI is InChI=1S/C20H18N6O3S/c1-11-3-4-13(7-12(11)2)26-18-15(9-21-26)19(28)25-14(10-30-20(25)23-18)8-17(27)22-16-5-6-29-24-16/h3-7,9,14H,8,10H2,1-2H3,(H,22,24,27). The van der Waals surface area contributed by atoms with Crippen LogP contribution in [0, 0.1) is 13.8 Å². The minimum absolute atomic E-state index is 0.144. The maximum absolute atomic E-state index is 13.2. The predicted molar refractivity (Wildman–Crippen MR) is 112 cm³/mol. The van der Waals surface area contributed by atoms with E-state index in [9.17, 15) is 9.59 Å². The minimum atomic E-state index is -0.286. The molecule has 0 fully saturated rings. The molecule has 3 aromatic heterocycles. The lowest BCUT2D eigenvalue weighted by Crippen LogP contribution is -2.27. The zero-order valence-corrected chi connectivity index (χ0v) is 17.1. The van der Waals surface area contributed by atoms with Crippen molar-refractivity contribution in [2.45, 2.75) is 31.5 Å². The molecule has 0 aliphatic carbocycles. The highest BCUT2D eigenvalue weighted by molar-refractivity contribution is 7.99. The van der Waals surface area contributed by atoms with Crippen LogP contribution in [0.25, 0.3) is 16.7 Å². The van der Waals surface area contributed by atoms with Crippen molar-refractivity contribution in [2.24, 2.45) is 0 Å². The SMILES string of the molecule is Cc1ccc(-n2ncc3c(=O)n4c(nc32)SCC4CC(=O)Nc2ccon2)cc1C. The summed E-state index contributed by atoms with van der Waals surface area (Å²) in [5.74, 6) is 0.708. The van der Waals surface area contributed by atoms with Crippen molar-refractivity contribution in [2.75, 3.05) is 11.1 Å². The van der Waals surface area contributed by atoms with E-state index in [4.69, 9.17) is 9.51 Å². The molecule has 0 bridgehead atoms. The first kappa shape index (κ1) is 18.6. The average molecular weight is 422 g/mol. The van der Waals surface area contributed by atoms with E-state index in [0.29, 0.717) is 27.8 Å². The molecule has 30 heavy (non-hydrogen) atoms. The molecule has 1 unspecified atom stereocenters. The summed E-state index contributed by atoms with van der Waals surface area (Å²) in [6.07, 6.45) is 3.07. The van der Waals surface area contributed by atoms with Gasteiger partial charge in [-0.15, -0.1) is 0 Å². The molecule has 1 aliphatic rings. The lowest BCUT2D eigenvalue weighted by atomic mass is 10.1. The van der Waals surface area contributed by atoms with E-state index < -0.39 is 0 Å². The summed E-state index contributed by atoms with van der Waals surface area (Å²) in [7, 11) is 0. The number of fused-ring (bicyclic) bond motifs is 2. The van der Waals surface area contributed by atoms with Crippen LogP contribution in [-0.2, 0) is 4.79 Å². The molecule has 0 saturated heterocycles. The van der Waals surface area contributed by atoms with Crippen molar-refractivity contribution in [3.8, 4) is 5.69 Å². The number of amides is 1. The topological polar surface area (TPSA) is 108 Å². The molecular formula is C20H18N6O3S. The van der Waals surface area contributed by atoms with Crippen molar-refractivity contribution in [3.63, 3.8) is 0 Å². The predicted octanol–water partition coefficient (Wildman–Crippen LogP) is 2.86. The van der Waals surface area contributed by atoms with Crippen LogP contribution in [0.15, 0.2) is 51.2 Å². The molecule has 10 heteroatoms. The van der Waals surface area contributed by atoms with Crippen molar-refractivity contribution < 1.29 is 9.32 Å². The number of aryl methyl sites for hydroxylation is 2. The monoisotopic (exact) mass is 422 g/mol. The Morgan fingerprint density at radius 3 is 2.93 bits per heavy atom. The fourth-order valence-corrected chi connectivity index (χ4v) is 4.64. The van der Waals surface area contributed by atoms with Crippen LogP contribution in [0.4, 0.5) is 5.82 Å². The third kappa shape index (κ3) is 3.09. The summed E-state index contributed by atoms with van der Waals surface area (Å²) >= 11 is 1.46. The van der Waals surface area contributed by atoms with Gasteiger partial charge in [-0.25, -0.2) is 9.67 Å². The van der Waals surface area contributed by atoms with Gasteiger partial charge in [0.05, 0.1) is 17.9 Å². The minimum Gasteiger partial charge on any atom is -0.363 e. The first-order valence-corrected chi connectivity index (χ1v) is 10.4. The number of hydrogen-bond acceptors (Lipinski definition) is 7. The smallest absolute Gasteiger partial charge is 0.265 e. The number of carbonyl (C=O) groups is 1. The van der Waals surface area contributed by atoms with Crippen LogP contribution in [-0.4, -0.2) is 36.1 Å². The molecule has 1 atom stereocenters.